The van der Waals surface area contributed by atoms with Gasteiger partial charge < -0.3 is 9.31 Å². The Morgan fingerprint density at radius 3 is 1.61 bits per heavy atom. The average Bonchev–Trinajstić information content (AvgIpc) is 2.62. The Balaban J connectivity index is 1.55. The van der Waals surface area contributed by atoms with E-state index in [9.17, 15) is 0 Å². The van der Waals surface area contributed by atoms with Crippen LogP contribution in [0.1, 0.15) is 0 Å². The second kappa shape index (κ2) is 5.97. The molecule has 5 heteroatoms. The highest BCUT2D eigenvalue weighted by Crippen LogP contribution is 2.25. The maximum absolute atomic E-state index is 5.79. The first kappa shape index (κ1) is 13.6. The number of fused-ring (bicyclic) bond motifs is 2. The maximum Gasteiger partial charge on any atom is 0.576 e. The summed E-state index contributed by atoms with van der Waals surface area (Å²) in [5, 5.41) is 1.94. The molecular formula is C18H13BN2O2. The van der Waals surface area contributed by atoms with Crippen LogP contribution in [0.4, 0.5) is 0 Å². The quantitative estimate of drug-likeness (QED) is 0.541. The van der Waals surface area contributed by atoms with Crippen LogP contribution in [-0.4, -0.2) is 17.7 Å². The molecular weight excluding hydrogens is 287 g/mol. The third-order valence-electron chi connectivity index (χ3n) is 3.65. The van der Waals surface area contributed by atoms with Gasteiger partial charge in [-0.2, -0.15) is 0 Å². The molecule has 0 spiro atoms. The molecule has 0 aliphatic heterocycles. The Morgan fingerprint density at radius 1 is 0.609 bits per heavy atom. The summed E-state index contributed by atoms with van der Waals surface area (Å²) in [4.78, 5) is 8.64. The lowest BCUT2D eigenvalue weighted by atomic mass is 10.2. The van der Waals surface area contributed by atoms with Crippen LogP contribution in [0.3, 0.4) is 0 Å². The average molecular weight is 300 g/mol. The topological polar surface area (TPSA) is 44.2 Å². The van der Waals surface area contributed by atoms with E-state index in [1.807, 2.05) is 60.7 Å². The molecule has 4 aromatic rings. The summed E-state index contributed by atoms with van der Waals surface area (Å²) in [6, 6.07) is 19.4. The van der Waals surface area contributed by atoms with Gasteiger partial charge in [0.2, 0.25) is 0 Å². The molecule has 0 bridgehead atoms. The van der Waals surface area contributed by atoms with Gasteiger partial charge in [0.25, 0.3) is 0 Å². The van der Waals surface area contributed by atoms with Gasteiger partial charge in [0.1, 0.15) is 11.5 Å². The van der Waals surface area contributed by atoms with E-state index in [2.05, 4.69) is 9.97 Å². The Bertz CT molecular complexity index is 885. The first-order valence-electron chi connectivity index (χ1n) is 7.35. The van der Waals surface area contributed by atoms with Crippen molar-refractivity contribution in [2.24, 2.45) is 0 Å². The molecule has 23 heavy (non-hydrogen) atoms. The van der Waals surface area contributed by atoms with E-state index in [4.69, 9.17) is 9.31 Å². The molecule has 4 nitrogen and oxygen atoms in total. The molecule has 2 aromatic carbocycles. The number of rotatable bonds is 4. The highest BCUT2D eigenvalue weighted by Gasteiger charge is 2.07. The third kappa shape index (κ3) is 2.69. The zero-order valence-corrected chi connectivity index (χ0v) is 12.3. The van der Waals surface area contributed by atoms with Crippen molar-refractivity contribution in [1.82, 2.24) is 9.97 Å². The fraction of sp³-hybridized carbons (Fsp3) is 0. The second-order valence-corrected chi connectivity index (χ2v) is 5.06. The summed E-state index contributed by atoms with van der Waals surface area (Å²) in [6.07, 6.45) is 3.47. The summed E-state index contributed by atoms with van der Waals surface area (Å²) in [7, 11) is 0.127. The van der Waals surface area contributed by atoms with Crippen molar-refractivity contribution >= 4 is 29.5 Å². The molecule has 0 fully saturated rings. The van der Waals surface area contributed by atoms with Crippen molar-refractivity contribution in [3.05, 3.63) is 73.1 Å². The number of pyridine rings is 2. The molecule has 0 atom stereocenters. The maximum atomic E-state index is 5.79. The smallest absolute Gasteiger partial charge is 0.528 e. The zero-order valence-electron chi connectivity index (χ0n) is 12.3. The van der Waals surface area contributed by atoms with Gasteiger partial charge >= 0.3 is 7.69 Å². The van der Waals surface area contributed by atoms with Crippen LogP contribution in [0.2, 0.25) is 0 Å². The minimum atomic E-state index is 0.127. The van der Waals surface area contributed by atoms with Crippen LogP contribution in [0.5, 0.6) is 11.5 Å². The molecule has 0 saturated carbocycles. The van der Waals surface area contributed by atoms with E-state index in [1.54, 1.807) is 12.4 Å². The van der Waals surface area contributed by atoms with Gasteiger partial charge in [-0.25, -0.2) is 0 Å². The minimum Gasteiger partial charge on any atom is -0.528 e. The fourth-order valence-electron chi connectivity index (χ4n) is 2.55. The molecule has 0 unspecified atom stereocenters. The van der Waals surface area contributed by atoms with E-state index in [0.29, 0.717) is 0 Å². The van der Waals surface area contributed by atoms with Crippen LogP contribution in [0.25, 0.3) is 21.8 Å². The lowest BCUT2D eigenvalue weighted by Gasteiger charge is -2.11. The van der Waals surface area contributed by atoms with Crippen LogP contribution in [0.15, 0.2) is 73.1 Å². The molecule has 0 amide bonds. The van der Waals surface area contributed by atoms with E-state index in [0.717, 1.165) is 33.3 Å². The van der Waals surface area contributed by atoms with E-state index < -0.39 is 0 Å². The number of benzene rings is 2. The fourth-order valence-corrected chi connectivity index (χ4v) is 2.55. The van der Waals surface area contributed by atoms with Crippen molar-refractivity contribution < 1.29 is 9.31 Å². The van der Waals surface area contributed by atoms with Gasteiger partial charge in [0.15, 0.2) is 0 Å². The number of aromatic nitrogens is 2. The van der Waals surface area contributed by atoms with Crippen molar-refractivity contribution in [2.75, 3.05) is 0 Å². The normalized spacial score (nSPS) is 10.6. The second-order valence-electron chi connectivity index (χ2n) is 5.06. The standard InChI is InChI=1S/C18H13BN2O2/c1-3-7-15-13(5-1)17(9-11-20-15)22-19-23-18-10-12-21-16-8-4-2-6-14(16)18/h1-12,19H. The predicted molar refractivity (Wildman–Crippen MR) is 91.9 cm³/mol. The van der Waals surface area contributed by atoms with E-state index >= 15 is 0 Å². The van der Waals surface area contributed by atoms with Crippen LogP contribution >= 0.6 is 0 Å². The molecule has 2 aromatic heterocycles. The van der Waals surface area contributed by atoms with Crippen LogP contribution in [0, 0.1) is 0 Å². The Labute approximate surface area is 134 Å². The first-order valence-corrected chi connectivity index (χ1v) is 7.35. The first-order chi connectivity index (χ1) is 11.4. The number of nitrogens with zero attached hydrogens (tertiary/aromatic N) is 2. The van der Waals surface area contributed by atoms with Crippen LogP contribution < -0.4 is 9.31 Å². The molecule has 110 valence electrons. The number of para-hydroxylation sites is 2. The monoisotopic (exact) mass is 300 g/mol. The molecule has 2 heterocycles. The van der Waals surface area contributed by atoms with Gasteiger partial charge in [-0.15, -0.1) is 0 Å². The summed E-state index contributed by atoms with van der Waals surface area (Å²) < 4.78 is 11.6. The summed E-state index contributed by atoms with van der Waals surface area (Å²) in [5.74, 6) is 1.52. The van der Waals surface area contributed by atoms with E-state index in [-0.39, 0.29) is 7.69 Å². The summed E-state index contributed by atoms with van der Waals surface area (Å²) in [5.41, 5.74) is 1.80. The van der Waals surface area contributed by atoms with Gasteiger partial charge in [0.05, 0.1) is 11.0 Å². The molecule has 0 saturated heterocycles. The van der Waals surface area contributed by atoms with Crippen molar-refractivity contribution in [3.8, 4) is 11.5 Å². The summed E-state index contributed by atoms with van der Waals surface area (Å²) in [6.45, 7) is 0. The van der Waals surface area contributed by atoms with Crippen molar-refractivity contribution in [1.29, 1.82) is 0 Å². The van der Waals surface area contributed by atoms with E-state index in [1.165, 1.54) is 0 Å². The molecule has 0 aliphatic carbocycles. The van der Waals surface area contributed by atoms with Gasteiger partial charge in [0, 0.05) is 23.2 Å². The minimum absolute atomic E-state index is 0.127. The largest absolute Gasteiger partial charge is 0.576 e. The number of hydrogen-bond acceptors (Lipinski definition) is 4. The summed E-state index contributed by atoms with van der Waals surface area (Å²) >= 11 is 0. The molecule has 0 N–H and O–H groups in total. The van der Waals surface area contributed by atoms with Crippen molar-refractivity contribution in [2.45, 2.75) is 0 Å². The third-order valence-corrected chi connectivity index (χ3v) is 3.65. The Kier molecular flexibility index (Phi) is 3.52. The highest BCUT2D eigenvalue weighted by molar-refractivity contribution is 6.22. The molecule has 0 aliphatic rings. The van der Waals surface area contributed by atoms with Crippen molar-refractivity contribution in [3.63, 3.8) is 0 Å². The van der Waals surface area contributed by atoms with Gasteiger partial charge in [-0.05, 0) is 36.4 Å². The van der Waals surface area contributed by atoms with Gasteiger partial charge in [-0.3, -0.25) is 9.97 Å². The molecule has 4 rings (SSSR count). The number of hydrogen-bond donors (Lipinski definition) is 0. The molecule has 0 radical (unpaired) electrons. The highest BCUT2D eigenvalue weighted by atomic mass is 16.6. The predicted octanol–water partition coefficient (Wildman–Crippen LogP) is 3.51. The lowest BCUT2D eigenvalue weighted by Crippen LogP contribution is -2.11. The Morgan fingerprint density at radius 2 is 1.09 bits per heavy atom. The SMILES string of the molecule is B(Oc1ccnc2ccccc12)Oc1ccnc2ccccc12. The Hall–Kier alpha value is -3.08. The van der Waals surface area contributed by atoms with Crippen LogP contribution in [-0.2, 0) is 0 Å². The lowest BCUT2D eigenvalue weighted by molar-refractivity contribution is 0.464. The zero-order chi connectivity index (χ0) is 15.5. The van der Waals surface area contributed by atoms with Gasteiger partial charge in [-0.1, -0.05) is 24.3 Å².